The monoisotopic (exact) mass is 159 g/mol. The van der Waals surface area contributed by atoms with Crippen LogP contribution in [0.2, 0.25) is 0 Å². The van der Waals surface area contributed by atoms with Gasteiger partial charge in [0.05, 0.1) is 0 Å². The first-order chi connectivity index (χ1) is 3.39. The molecule has 0 saturated carbocycles. The molecule has 1 aromatic rings. The Labute approximate surface area is 49.6 Å². The third kappa shape index (κ3) is 1.42. The van der Waals surface area contributed by atoms with E-state index < -0.39 is 0 Å². The molecule has 0 aliphatic carbocycles. The van der Waals surface area contributed by atoms with Gasteiger partial charge in [0, 0.05) is 0 Å². The van der Waals surface area contributed by atoms with E-state index in [0.29, 0.717) is 14.5 Å². The molecule has 0 spiro atoms. The fourth-order valence-corrected chi connectivity index (χ4v) is 1.81. The van der Waals surface area contributed by atoms with E-state index in [1.807, 2.05) is 0 Å². The van der Waals surface area contributed by atoms with Gasteiger partial charge in [0.2, 0.25) is 0 Å². The predicted octanol–water partition coefficient (Wildman–Crippen LogP) is 1.33. The van der Waals surface area contributed by atoms with Gasteiger partial charge in [-0.25, -0.2) is 0 Å². The summed E-state index contributed by atoms with van der Waals surface area (Å²) in [6.45, 7) is 2.11. The maximum atomic E-state index is 2.22. The standard InChI is InChI=1S/C6H7Se/c1-6-2-4-7-5-3-6/h2-5H,1H3/q+1. The molecule has 0 nitrogen and oxygen atoms in total. The van der Waals surface area contributed by atoms with Crippen LogP contribution in [-0.4, -0.2) is 14.5 Å². The van der Waals surface area contributed by atoms with Crippen LogP contribution in [0.25, 0.3) is 0 Å². The predicted molar refractivity (Wildman–Crippen MR) is 32.5 cm³/mol. The molecule has 0 bridgehead atoms. The Balaban J connectivity index is 3.02. The van der Waals surface area contributed by atoms with Crippen LogP contribution in [0.1, 0.15) is 5.56 Å². The Morgan fingerprint density at radius 1 is 1.29 bits per heavy atom. The molecule has 0 amide bonds. The summed E-state index contributed by atoms with van der Waals surface area (Å²) >= 11 is 0.652. The Morgan fingerprint density at radius 3 is 2.14 bits per heavy atom. The van der Waals surface area contributed by atoms with Crippen molar-refractivity contribution >= 4 is 14.5 Å². The molecule has 0 saturated heterocycles. The molecule has 0 aliphatic rings. The molecule has 0 N–H and O–H groups in total. The van der Waals surface area contributed by atoms with E-state index in [-0.39, 0.29) is 0 Å². The molecule has 0 fully saturated rings. The van der Waals surface area contributed by atoms with E-state index in [1.165, 1.54) is 5.56 Å². The SMILES string of the molecule is Cc1cc[se+]cc1. The van der Waals surface area contributed by atoms with E-state index in [4.69, 9.17) is 0 Å². The van der Waals surface area contributed by atoms with Crippen LogP contribution in [0, 0.1) is 6.92 Å². The number of hydrogen-bond acceptors (Lipinski definition) is 0. The van der Waals surface area contributed by atoms with Crippen LogP contribution in [0.5, 0.6) is 0 Å². The zero-order valence-corrected chi connectivity index (χ0v) is 5.93. The van der Waals surface area contributed by atoms with Gasteiger partial charge in [0.1, 0.15) is 0 Å². The minimum absolute atomic E-state index is 0.652. The summed E-state index contributed by atoms with van der Waals surface area (Å²) < 4.78 is 0. The van der Waals surface area contributed by atoms with Gasteiger partial charge >= 0.3 is 49.0 Å². The maximum absolute atomic E-state index is 2.22. The molecular formula is C6H7Se+. The van der Waals surface area contributed by atoms with Crippen molar-refractivity contribution in [1.29, 1.82) is 0 Å². The second kappa shape index (κ2) is 2.25. The van der Waals surface area contributed by atoms with Gasteiger partial charge in [-0.2, -0.15) is 0 Å². The fourth-order valence-electron chi connectivity index (χ4n) is 0.394. The normalized spacial score (nSPS) is 8.71. The number of rotatable bonds is 0. The number of hydrogen-bond donors (Lipinski definition) is 0. The average Bonchev–Trinajstić information content (AvgIpc) is 1.69. The third-order valence-corrected chi connectivity index (χ3v) is 2.05. The molecule has 1 rings (SSSR count). The second-order valence-electron chi connectivity index (χ2n) is 1.49. The summed E-state index contributed by atoms with van der Waals surface area (Å²) in [5.41, 5.74) is 1.37. The molecule has 1 heteroatoms. The van der Waals surface area contributed by atoms with Crippen molar-refractivity contribution in [2.75, 3.05) is 0 Å². The topological polar surface area (TPSA) is 0 Å². The molecule has 0 atom stereocenters. The number of aryl methyl sites for hydroxylation is 1. The quantitative estimate of drug-likeness (QED) is 0.499. The van der Waals surface area contributed by atoms with Gasteiger partial charge in [0.25, 0.3) is 0 Å². The molecular weight excluding hydrogens is 151 g/mol. The van der Waals surface area contributed by atoms with Gasteiger partial charge < -0.3 is 0 Å². The van der Waals surface area contributed by atoms with Crippen LogP contribution in [-0.2, 0) is 0 Å². The van der Waals surface area contributed by atoms with Crippen molar-refractivity contribution < 1.29 is 0 Å². The summed E-state index contributed by atoms with van der Waals surface area (Å²) in [5.74, 6) is 0. The first-order valence-corrected chi connectivity index (χ1v) is 4.19. The van der Waals surface area contributed by atoms with Crippen molar-refractivity contribution in [3.63, 3.8) is 0 Å². The molecule has 1 heterocycles. The van der Waals surface area contributed by atoms with E-state index in [0.717, 1.165) is 0 Å². The van der Waals surface area contributed by atoms with E-state index in [1.54, 1.807) is 0 Å². The van der Waals surface area contributed by atoms with Crippen LogP contribution in [0.3, 0.4) is 0 Å². The van der Waals surface area contributed by atoms with E-state index in [9.17, 15) is 0 Å². The Kier molecular flexibility index (Phi) is 1.61. The summed E-state index contributed by atoms with van der Waals surface area (Å²) in [5, 5.41) is 0. The fraction of sp³-hybridized carbons (Fsp3) is 0.167. The zero-order chi connectivity index (χ0) is 5.11. The van der Waals surface area contributed by atoms with Gasteiger partial charge in [-0.05, 0) is 0 Å². The molecule has 0 radical (unpaired) electrons. The van der Waals surface area contributed by atoms with Gasteiger partial charge in [-0.1, -0.05) is 0 Å². The summed E-state index contributed by atoms with van der Waals surface area (Å²) in [4.78, 5) is 4.45. The van der Waals surface area contributed by atoms with Crippen LogP contribution < -0.4 is 0 Å². The van der Waals surface area contributed by atoms with Crippen molar-refractivity contribution in [3.05, 3.63) is 27.6 Å². The van der Waals surface area contributed by atoms with E-state index >= 15 is 0 Å². The summed E-state index contributed by atoms with van der Waals surface area (Å²) in [7, 11) is 0. The van der Waals surface area contributed by atoms with Gasteiger partial charge in [0.15, 0.2) is 0 Å². The molecule has 0 unspecified atom stereocenters. The van der Waals surface area contributed by atoms with Gasteiger partial charge in [-0.15, -0.1) is 0 Å². The van der Waals surface area contributed by atoms with Crippen LogP contribution in [0.15, 0.2) is 22.0 Å². The van der Waals surface area contributed by atoms with Crippen molar-refractivity contribution in [1.82, 2.24) is 0 Å². The second-order valence-corrected chi connectivity index (χ2v) is 3.20. The molecule has 0 aliphatic heterocycles. The molecule has 1 aromatic heterocycles. The first-order valence-electron chi connectivity index (χ1n) is 2.22. The zero-order valence-electron chi connectivity index (χ0n) is 4.22. The van der Waals surface area contributed by atoms with Crippen molar-refractivity contribution in [2.45, 2.75) is 6.92 Å². The Bertz CT molecular complexity index is 134. The third-order valence-electron chi connectivity index (χ3n) is 0.819. The van der Waals surface area contributed by atoms with Crippen molar-refractivity contribution in [3.8, 4) is 0 Å². The Morgan fingerprint density at radius 2 is 1.86 bits per heavy atom. The van der Waals surface area contributed by atoms with Gasteiger partial charge in [-0.3, -0.25) is 0 Å². The van der Waals surface area contributed by atoms with Crippen molar-refractivity contribution in [2.24, 2.45) is 0 Å². The summed E-state index contributed by atoms with van der Waals surface area (Å²) in [6, 6.07) is 4.33. The Hall–Kier alpha value is -0.131. The molecule has 0 aromatic carbocycles. The molecule has 7 heavy (non-hydrogen) atoms. The molecule has 36 valence electrons. The summed E-state index contributed by atoms with van der Waals surface area (Å²) in [6.07, 6.45) is 0. The van der Waals surface area contributed by atoms with Crippen LogP contribution >= 0.6 is 0 Å². The minimum atomic E-state index is 0.652. The first kappa shape index (κ1) is 5.02. The average molecular weight is 158 g/mol. The van der Waals surface area contributed by atoms with E-state index in [2.05, 4.69) is 28.9 Å². The van der Waals surface area contributed by atoms with Crippen LogP contribution in [0.4, 0.5) is 0 Å².